The van der Waals surface area contributed by atoms with Gasteiger partial charge >= 0.3 is 0 Å². The molecule has 0 aromatic heterocycles. The average Bonchev–Trinajstić information content (AvgIpc) is 3.40. The van der Waals surface area contributed by atoms with Crippen LogP contribution in [0.2, 0.25) is 0 Å². The average molecular weight is 325 g/mol. The van der Waals surface area contributed by atoms with Crippen LogP contribution in [0.15, 0.2) is 36.4 Å². The van der Waals surface area contributed by atoms with Crippen molar-refractivity contribution in [1.82, 2.24) is 0 Å². The fraction of sp³-hybridized carbons (Fsp3) is 0.350. The van der Waals surface area contributed by atoms with Crippen molar-refractivity contribution in [3.63, 3.8) is 0 Å². The number of aryl methyl sites for hydroxylation is 1. The third kappa shape index (κ3) is 2.73. The molecule has 0 radical (unpaired) electrons. The molecule has 3 rings (SSSR count). The number of ether oxygens (including phenoxy) is 2. The van der Waals surface area contributed by atoms with E-state index in [2.05, 4.69) is 5.32 Å². The Balaban J connectivity index is 1.88. The van der Waals surface area contributed by atoms with Gasteiger partial charge in [0.1, 0.15) is 0 Å². The van der Waals surface area contributed by atoms with E-state index in [1.54, 1.807) is 14.2 Å². The van der Waals surface area contributed by atoms with Crippen molar-refractivity contribution in [1.29, 1.82) is 0 Å². The molecule has 0 aliphatic heterocycles. The molecular weight excluding hydrogens is 302 g/mol. The first-order valence-corrected chi connectivity index (χ1v) is 8.12. The minimum Gasteiger partial charge on any atom is -0.493 e. The van der Waals surface area contributed by atoms with Crippen molar-refractivity contribution in [2.24, 2.45) is 0 Å². The predicted octanol–water partition coefficient (Wildman–Crippen LogP) is 3.99. The van der Waals surface area contributed by atoms with Crippen LogP contribution in [-0.4, -0.2) is 20.1 Å². The van der Waals surface area contributed by atoms with E-state index < -0.39 is 5.41 Å². The summed E-state index contributed by atoms with van der Waals surface area (Å²) in [6.45, 7) is 4.08. The van der Waals surface area contributed by atoms with Crippen LogP contribution in [0.25, 0.3) is 0 Å². The summed E-state index contributed by atoms with van der Waals surface area (Å²) in [6, 6.07) is 11.7. The molecule has 4 nitrogen and oxygen atoms in total. The van der Waals surface area contributed by atoms with E-state index in [1.165, 1.54) is 5.56 Å². The van der Waals surface area contributed by atoms with Crippen molar-refractivity contribution in [2.45, 2.75) is 32.1 Å². The molecule has 1 fully saturated rings. The number of rotatable bonds is 5. The molecule has 0 spiro atoms. The molecular formula is C20H23NO3. The van der Waals surface area contributed by atoms with Crippen LogP contribution in [-0.2, 0) is 10.2 Å². The van der Waals surface area contributed by atoms with Gasteiger partial charge in [0.05, 0.1) is 19.6 Å². The Bertz CT molecular complexity index is 778. The van der Waals surface area contributed by atoms with Gasteiger partial charge in [-0.1, -0.05) is 18.2 Å². The molecule has 0 saturated heterocycles. The van der Waals surface area contributed by atoms with E-state index in [1.807, 2.05) is 50.2 Å². The van der Waals surface area contributed by atoms with Gasteiger partial charge in [-0.05, 0) is 61.6 Å². The first-order chi connectivity index (χ1) is 11.5. The fourth-order valence-electron chi connectivity index (χ4n) is 3.03. The molecule has 1 aliphatic carbocycles. The quantitative estimate of drug-likeness (QED) is 0.904. The van der Waals surface area contributed by atoms with Crippen LogP contribution in [0.3, 0.4) is 0 Å². The van der Waals surface area contributed by atoms with Gasteiger partial charge in [0.2, 0.25) is 5.91 Å². The van der Waals surface area contributed by atoms with Crippen molar-refractivity contribution in [3.8, 4) is 11.5 Å². The number of hydrogen-bond donors (Lipinski definition) is 1. The number of benzene rings is 2. The lowest BCUT2D eigenvalue weighted by atomic mass is 9.94. The molecule has 2 aromatic carbocycles. The van der Waals surface area contributed by atoms with Crippen LogP contribution in [0.4, 0.5) is 5.69 Å². The van der Waals surface area contributed by atoms with E-state index in [0.29, 0.717) is 11.5 Å². The molecule has 0 atom stereocenters. The van der Waals surface area contributed by atoms with Crippen LogP contribution in [0.5, 0.6) is 11.5 Å². The second kappa shape index (κ2) is 6.19. The molecule has 0 heterocycles. The van der Waals surface area contributed by atoms with Crippen molar-refractivity contribution < 1.29 is 14.3 Å². The number of carbonyl (C=O) groups excluding carboxylic acids is 1. The van der Waals surface area contributed by atoms with E-state index >= 15 is 0 Å². The highest BCUT2D eigenvalue weighted by molar-refractivity contribution is 6.02. The highest BCUT2D eigenvalue weighted by Gasteiger charge is 2.51. The number of methoxy groups -OCH3 is 2. The Hall–Kier alpha value is -2.49. The molecule has 2 aromatic rings. The molecule has 1 N–H and O–H groups in total. The summed E-state index contributed by atoms with van der Waals surface area (Å²) < 4.78 is 10.7. The minimum atomic E-state index is -0.463. The number of nitrogens with one attached hydrogen (secondary N) is 1. The van der Waals surface area contributed by atoms with Crippen LogP contribution >= 0.6 is 0 Å². The summed E-state index contributed by atoms with van der Waals surface area (Å²) in [4.78, 5) is 12.9. The molecule has 1 saturated carbocycles. The Kier molecular flexibility index (Phi) is 4.22. The number of hydrogen-bond acceptors (Lipinski definition) is 3. The van der Waals surface area contributed by atoms with Gasteiger partial charge in [0.15, 0.2) is 11.5 Å². The summed E-state index contributed by atoms with van der Waals surface area (Å²) in [6.07, 6.45) is 1.69. The molecule has 0 unspecified atom stereocenters. The summed E-state index contributed by atoms with van der Waals surface area (Å²) in [5, 5.41) is 3.11. The van der Waals surface area contributed by atoms with Crippen LogP contribution in [0.1, 0.15) is 29.5 Å². The topological polar surface area (TPSA) is 47.6 Å². The normalized spacial score (nSPS) is 14.8. The van der Waals surface area contributed by atoms with E-state index in [0.717, 1.165) is 29.7 Å². The Labute approximate surface area is 142 Å². The lowest BCUT2D eigenvalue weighted by molar-refractivity contribution is -0.118. The number of carbonyl (C=O) groups is 1. The zero-order valence-electron chi connectivity index (χ0n) is 14.6. The maximum absolute atomic E-state index is 12.9. The smallest absolute Gasteiger partial charge is 0.235 e. The Morgan fingerprint density at radius 3 is 2.38 bits per heavy atom. The zero-order valence-corrected chi connectivity index (χ0v) is 14.6. The van der Waals surface area contributed by atoms with Gasteiger partial charge in [-0.25, -0.2) is 0 Å². The molecule has 1 amide bonds. The SMILES string of the molecule is COc1ccc(C2(C(=O)Nc3cccc(C)c3C)CC2)cc1OC. The summed E-state index contributed by atoms with van der Waals surface area (Å²) in [5.74, 6) is 1.37. The second-order valence-electron chi connectivity index (χ2n) is 6.35. The Morgan fingerprint density at radius 2 is 1.75 bits per heavy atom. The van der Waals surface area contributed by atoms with Gasteiger partial charge in [0.25, 0.3) is 0 Å². The summed E-state index contributed by atoms with van der Waals surface area (Å²) in [5.41, 5.74) is 3.67. The maximum atomic E-state index is 12.9. The van der Waals surface area contributed by atoms with E-state index in [4.69, 9.17) is 9.47 Å². The first kappa shape index (κ1) is 16.4. The predicted molar refractivity (Wildman–Crippen MR) is 95.0 cm³/mol. The summed E-state index contributed by atoms with van der Waals surface area (Å²) in [7, 11) is 3.22. The van der Waals surface area contributed by atoms with Crippen LogP contribution < -0.4 is 14.8 Å². The Morgan fingerprint density at radius 1 is 1.04 bits per heavy atom. The third-order valence-corrected chi connectivity index (χ3v) is 4.97. The molecule has 4 heteroatoms. The molecule has 0 bridgehead atoms. The standard InChI is InChI=1S/C20H23NO3/c1-13-6-5-7-16(14(13)2)21-19(22)20(10-11-20)15-8-9-17(23-3)18(12-15)24-4/h5-9,12H,10-11H2,1-4H3,(H,21,22). The van der Waals surface area contributed by atoms with Crippen molar-refractivity contribution in [3.05, 3.63) is 53.1 Å². The highest BCUT2D eigenvalue weighted by Crippen LogP contribution is 2.50. The number of amides is 1. The minimum absolute atomic E-state index is 0.0448. The highest BCUT2D eigenvalue weighted by atomic mass is 16.5. The van der Waals surface area contributed by atoms with Gasteiger partial charge < -0.3 is 14.8 Å². The van der Waals surface area contributed by atoms with Crippen molar-refractivity contribution >= 4 is 11.6 Å². The van der Waals surface area contributed by atoms with Gasteiger partial charge in [0, 0.05) is 5.69 Å². The van der Waals surface area contributed by atoms with E-state index in [-0.39, 0.29) is 5.91 Å². The van der Waals surface area contributed by atoms with Gasteiger partial charge in [-0.3, -0.25) is 4.79 Å². The van der Waals surface area contributed by atoms with Gasteiger partial charge in [-0.2, -0.15) is 0 Å². The lowest BCUT2D eigenvalue weighted by Gasteiger charge is -2.19. The molecule has 24 heavy (non-hydrogen) atoms. The lowest BCUT2D eigenvalue weighted by Crippen LogP contribution is -2.28. The largest absolute Gasteiger partial charge is 0.493 e. The summed E-state index contributed by atoms with van der Waals surface area (Å²) >= 11 is 0. The fourth-order valence-corrected chi connectivity index (χ4v) is 3.03. The zero-order chi connectivity index (χ0) is 17.3. The number of anilines is 1. The second-order valence-corrected chi connectivity index (χ2v) is 6.35. The van der Waals surface area contributed by atoms with E-state index in [9.17, 15) is 4.79 Å². The monoisotopic (exact) mass is 325 g/mol. The van der Waals surface area contributed by atoms with Gasteiger partial charge in [-0.15, -0.1) is 0 Å². The third-order valence-electron chi connectivity index (χ3n) is 4.97. The van der Waals surface area contributed by atoms with Crippen molar-refractivity contribution in [2.75, 3.05) is 19.5 Å². The first-order valence-electron chi connectivity index (χ1n) is 8.12. The molecule has 1 aliphatic rings. The maximum Gasteiger partial charge on any atom is 0.235 e. The van der Waals surface area contributed by atoms with Crippen LogP contribution in [0, 0.1) is 13.8 Å². The molecule has 126 valence electrons.